The van der Waals surface area contributed by atoms with Crippen molar-refractivity contribution in [2.75, 3.05) is 0 Å². The fourth-order valence-electron chi connectivity index (χ4n) is 1.66. The fourth-order valence-corrected chi connectivity index (χ4v) is 1.66. The molecule has 1 atom stereocenters. The molecule has 5 heteroatoms. The average molecular weight is 222 g/mol. The zero-order valence-corrected chi connectivity index (χ0v) is 9.18. The van der Waals surface area contributed by atoms with Crippen LogP contribution in [0, 0.1) is 5.92 Å². The molecule has 16 heavy (non-hydrogen) atoms. The number of nitrogens with zero attached hydrogens (tertiary/aromatic N) is 1. The lowest BCUT2D eigenvalue weighted by atomic mass is 9.86. The van der Waals surface area contributed by atoms with E-state index in [2.05, 4.69) is 4.98 Å². The molecule has 0 aromatic carbocycles. The first-order chi connectivity index (χ1) is 7.45. The molecule has 5 nitrogen and oxygen atoms in total. The van der Waals surface area contributed by atoms with E-state index >= 15 is 0 Å². The van der Waals surface area contributed by atoms with Crippen molar-refractivity contribution in [1.29, 1.82) is 0 Å². The molecular weight excluding hydrogens is 208 g/mol. The van der Waals surface area contributed by atoms with Crippen LogP contribution in [-0.4, -0.2) is 22.0 Å². The normalized spacial score (nSPS) is 12.4. The SMILES string of the molecule is CC(C)C(C(=O)O)c1ccncc1C(N)=O. The van der Waals surface area contributed by atoms with Crippen LogP contribution in [0.5, 0.6) is 0 Å². The Bertz CT molecular complexity index is 415. The molecule has 0 spiro atoms. The second-order valence-corrected chi connectivity index (χ2v) is 3.89. The summed E-state index contributed by atoms with van der Waals surface area (Å²) in [5.74, 6) is -2.50. The maximum Gasteiger partial charge on any atom is 0.311 e. The van der Waals surface area contributed by atoms with Crippen molar-refractivity contribution in [1.82, 2.24) is 4.98 Å². The van der Waals surface area contributed by atoms with Gasteiger partial charge in [0.1, 0.15) is 0 Å². The van der Waals surface area contributed by atoms with Gasteiger partial charge in [-0.2, -0.15) is 0 Å². The van der Waals surface area contributed by atoms with Gasteiger partial charge in [0.15, 0.2) is 0 Å². The number of primary amides is 1. The second-order valence-electron chi connectivity index (χ2n) is 3.89. The molecule has 0 aliphatic heterocycles. The van der Waals surface area contributed by atoms with Crippen molar-refractivity contribution in [3.63, 3.8) is 0 Å². The molecule has 1 amide bonds. The van der Waals surface area contributed by atoms with Crippen molar-refractivity contribution < 1.29 is 14.7 Å². The Kier molecular flexibility index (Phi) is 3.60. The second kappa shape index (κ2) is 4.74. The Hall–Kier alpha value is -1.91. The number of hydrogen-bond acceptors (Lipinski definition) is 3. The van der Waals surface area contributed by atoms with Crippen molar-refractivity contribution >= 4 is 11.9 Å². The molecule has 0 saturated heterocycles. The monoisotopic (exact) mass is 222 g/mol. The first kappa shape index (κ1) is 12.2. The van der Waals surface area contributed by atoms with Gasteiger partial charge in [-0.3, -0.25) is 14.6 Å². The summed E-state index contributed by atoms with van der Waals surface area (Å²) in [4.78, 5) is 26.1. The highest BCUT2D eigenvalue weighted by Gasteiger charge is 2.27. The lowest BCUT2D eigenvalue weighted by Crippen LogP contribution is -2.23. The van der Waals surface area contributed by atoms with E-state index in [1.165, 1.54) is 18.5 Å². The molecule has 0 aliphatic rings. The third-order valence-corrected chi connectivity index (χ3v) is 2.39. The minimum Gasteiger partial charge on any atom is -0.481 e. The van der Waals surface area contributed by atoms with Gasteiger partial charge in [0.2, 0.25) is 0 Å². The molecule has 1 heterocycles. The van der Waals surface area contributed by atoms with E-state index in [9.17, 15) is 9.59 Å². The molecule has 1 aromatic rings. The van der Waals surface area contributed by atoms with E-state index in [0.717, 1.165) is 0 Å². The number of carbonyl (C=O) groups excluding carboxylic acids is 1. The minimum absolute atomic E-state index is 0.127. The molecule has 3 N–H and O–H groups in total. The Labute approximate surface area is 93.3 Å². The highest BCUT2D eigenvalue weighted by molar-refractivity contribution is 5.95. The minimum atomic E-state index is -0.969. The molecular formula is C11H14N2O3. The van der Waals surface area contributed by atoms with Gasteiger partial charge >= 0.3 is 5.97 Å². The highest BCUT2D eigenvalue weighted by Crippen LogP contribution is 2.26. The van der Waals surface area contributed by atoms with Gasteiger partial charge in [-0.1, -0.05) is 13.8 Å². The number of carbonyl (C=O) groups is 2. The number of amides is 1. The first-order valence-corrected chi connectivity index (χ1v) is 4.91. The molecule has 0 fully saturated rings. The van der Waals surface area contributed by atoms with Gasteiger partial charge in [-0.05, 0) is 17.5 Å². The third kappa shape index (κ3) is 2.36. The molecule has 86 valence electrons. The summed E-state index contributed by atoms with van der Waals surface area (Å²) >= 11 is 0. The van der Waals surface area contributed by atoms with Crippen LogP contribution in [0.4, 0.5) is 0 Å². The van der Waals surface area contributed by atoms with Crippen LogP contribution in [0.2, 0.25) is 0 Å². The quantitative estimate of drug-likeness (QED) is 0.794. The largest absolute Gasteiger partial charge is 0.481 e. The number of carboxylic acid groups (broad SMARTS) is 1. The average Bonchev–Trinajstić information content (AvgIpc) is 2.17. The summed E-state index contributed by atoms with van der Waals surface area (Å²) in [6.07, 6.45) is 2.76. The van der Waals surface area contributed by atoms with Crippen molar-refractivity contribution in [3.05, 3.63) is 29.6 Å². The standard InChI is InChI=1S/C11H14N2O3/c1-6(2)9(11(15)16)7-3-4-13-5-8(7)10(12)14/h3-6,9H,1-2H3,(H2,12,14)(H,15,16). The molecule has 0 saturated carbocycles. The van der Waals surface area contributed by atoms with Crippen LogP contribution in [-0.2, 0) is 4.79 Å². The summed E-state index contributed by atoms with van der Waals surface area (Å²) in [6.45, 7) is 3.56. The zero-order chi connectivity index (χ0) is 12.3. The molecule has 0 aliphatic carbocycles. The Morgan fingerprint density at radius 1 is 1.44 bits per heavy atom. The molecule has 1 aromatic heterocycles. The molecule has 0 bridgehead atoms. The van der Waals surface area contributed by atoms with E-state index in [0.29, 0.717) is 5.56 Å². The fraction of sp³-hybridized carbons (Fsp3) is 0.364. The summed E-state index contributed by atoms with van der Waals surface area (Å²) in [5, 5.41) is 9.13. The summed E-state index contributed by atoms with van der Waals surface area (Å²) in [7, 11) is 0. The van der Waals surface area contributed by atoms with Crippen molar-refractivity contribution in [3.8, 4) is 0 Å². The van der Waals surface area contributed by atoms with Crippen molar-refractivity contribution in [2.24, 2.45) is 11.7 Å². The van der Waals surface area contributed by atoms with Crippen LogP contribution >= 0.6 is 0 Å². The first-order valence-electron chi connectivity index (χ1n) is 4.91. The van der Waals surface area contributed by atoms with Gasteiger partial charge in [-0.25, -0.2) is 0 Å². The lowest BCUT2D eigenvalue weighted by Gasteiger charge is -2.18. The summed E-state index contributed by atoms with van der Waals surface area (Å²) in [6, 6.07) is 1.53. The van der Waals surface area contributed by atoms with Gasteiger partial charge in [0.25, 0.3) is 5.91 Å². The van der Waals surface area contributed by atoms with E-state index < -0.39 is 17.8 Å². The van der Waals surface area contributed by atoms with E-state index in [1.54, 1.807) is 13.8 Å². The Balaban J connectivity index is 3.29. The van der Waals surface area contributed by atoms with Crippen LogP contribution in [0.15, 0.2) is 18.5 Å². The number of aliphatic carboxylic acids is 1. The predicted molar refractivity (Wildman–Crippen MR) is 58.0 cm³/mol. The van der Waals surface area contributed by atoms with E-state index in [4.69, 9.17) is 10.8 Å². The number of carboxylic acids is 1. The van der Waals surface area contributed by atoms with Crippen LogP contribution < -0.4 is 5.73 Å². The summed E-state index contributed by atoms with van der Waals surface area (Å²) in [5.41, 5.74) is 5.77. The third-order valence-electron chi connectivity index (χ3n) is 2.39. The lowest BCUT2D eigenvalue weighted by molar-refractivity contribution is -0.139. The zero-order valence-electron chi connectivity index (χ0n) is 9.18. The molecule has 0 radical (unpaired) electrons. The van der Waals surface area contributed by atoms with Crippen molar-refractivity contribution in [2.45, 2.75) is 19.8 Å². The molecule has 1 unspecified atom stereocenters. The van der Waals surface area contributed by atoms with Gasteiger partial charge in [-0.15, -0.1) is 0 Å². The van der Waals surface area contributed by atoms with Crippen LogP contribution in [0.1, 0.15) is 35.7 Å². The van der Waals surface area contributed by atoms with Gasteiger partial charge < -0.3 is 10.8 Å². The number of pyridine rings is 1. The Morgan fingerprint density at radius 3 is 2.50 bits per heavy atom. The van der Waals surface area contributed by atoms with Crippen LogP contribution in [0.3, 0.4) is 0 Å². The number of rotatable bonds is 4. The number of nitrogens with two attached hydrogens (primary N) is 1. The highest BCUT2D eigenvalue weighted by atomic mass is 16.4. The maximum atomic E-state index is 11.2. The van der Waals surface area contributed by atoms with E-state index in [-0.39, 0.29) is 11.5 Å². The smallest absolute Gasteiger partial charge is 0.311 e. The molecule has 1 rings (SSSR count). The van der Waals surface area contributed by atoms with Crippen LogP contribution in [0.25, 0.3) is 0 Å². The number of hydrogen-bond donors (Lipinski definition) is 2. The topological polar surface area (TPSA) is 93.3 Å². The van der Waals surface area contributed by atoms with E-state index in [1.807, 2.05) is 0 Å². The predicted octanol–water partition coefficient (Wildman–Crippen LogP) is 1.00. The van der Waals surface area contributed by atoms with Gasteiger partial charge in [0, 0.05) is 12.4 Å². The maximum absolute atomic E-state index is 11.2. The van der Waals surface area contributed by atoms with Gasteiger partial charge in [0.05, 0.1) is 11.5 Å². The Morgan fingerprint density at radius 2 is 2.06 bits per heavy atom. The summed E-state index contributed by atoms with van der Waals surface area (Å²) < 4.78 is 0. The number of aromatic nitrogens is 1.